The Balaban J connectivity index is 1.89. The molecular weight excluding hydrogens is 258 g/mol. The van der Waals surface area contributed by atoms with Crippen LogP contribution < -0.4 is 10.6 Å². The minimum Gasteiger partial charge on any atom is -0.378 e. The Kier molecular flexibility index (Phi) is 3.19. The summed E-state index contributed by atoms with van der Waals surface area (Å²) in [6.07, 6.45) is 6.15. The number of nitrogen functional groups attached to an aromatic ring is 1. The van der Waals surface area contributed by atoms with Crippen LogP contribution in [0.3, 0.4) is 0 Å². The lowest BCUT2D eigenvalue weighted by Crippen LogP contribution is -2.36. The zero-order valence-electron chi connectivity index (χ0n) is 11.5. The molecule has 1 saturated carbocycles. The Morgan fingerprint density at radius 1 is 1.45 bits per heavy atom. The van der Waals surface area contributed by atoms with Crippen molar-refractivity contribution >= 4 is 17.5 Å². The fourth-order valence-corrected chi connectivity index (χ4v) is 3.66. The number of nitrogens with zero attached hydrogens (tertiary/aromatic N) is 4. The first-order valence-electron chi connectivity index (χ1n) is 7.11. The van der Waals surface area contributed by atoms with Crippen molar-refractivity contribution in [2.24, 2.45) is 11.8 Å². The Bertz CT molecular complexity index is 535. The zero-order chi connectivity index (χ0) is 14.3. The highest BCUT2D eigenvalue weighted by molar-refractivity contribution is 5.54. The number of rotatable bonds is 2. The molecule has 2 heterocycles. The lowest BCUT2D eigenvalue weighted by Gasteiger charge is -2.32. The summed E-state index contributed by atoms with van der Waals surface area (Å²) >= 11 is 0. The van der Waals surface area contributed by atoms with Gasteiger partial charge in [0, 0.05) is 12.6 Å². The van der Waals surface area contributed by atoms with Crippen molar-refractivity contribution in [2.75, 3.05) is 17.2 Å². The maximum Gasteiger partial charge on any atom is 0.329 e. The minimum atomic E-state index is -0.546. The number of nitrogens with two attached hydrogens (primary N) is 1. The van der Waals surface area contributed by atoms with Crippen LogP contribution in [0.25, 0.3) is 0 Å². The van der Waals surface area contributed by atoms with E-state index in [1.54, 1.807) is 0 Å². The summed E-state index contributed by atoms with van der Waals surface area (Å²) in [5, 5.41) is 10.8. The van der Waals surface area contributed by atoms with E-state index in [4.69, 9.17) is 5.73 Å². The molecule has 0 radical (unpaired) electrons. The molecule has 0 amide bonds. The van der Waals surface area contributed by atoms with Gasteiger partial charge in [-0.2, -0.15) is 4.98 Å². The first kappa shape index (κ1) is 13.1. The van der Waals surface area contributed by atoms with E-state index in [1.165, 1.54) is 25.5 Å². The van der Waals surface area contributed by atoms with Gasteiger partial charge in [0.05, 0.1) is 4.92 Å². The molecule has 3 rings (SSSR count). The highest BCUT2D eigenvalue weighted by Crippen LogP contribution is 2.41. The molecule has 2 N–H and O–H groups in total. The molecule has 3 unspecified atom stereocenters. The fraction of sp³-hybridized carbons (Fsp3) is 0.692. The molecule has 20 heavy (non-hydrogen) atoms. The standard InChI is InChI=1S/C13H19N5O2/c1-8-7-17(10-5-3-2-4-9(8)10)13-15-6-11(18(19)20)12(14)16-13/h6,8-10H,2-5,7H2,1H3,(H2,14,15,16). The second-order valence-electron chi connectivity index (χ2n) is 5.84. The summed E-state index contributed by atoms with van der Waals surface area (Å²) in [5.74, 6) is 1.78. The molecule has 1 aliphatic carbocycles. The SMILES string of the molecule is CC1CN(c2ncc([N+](=O)[O-])c(N)n2)C2CCCCC12. The molecule has 1 aromatic rings. The van der Waals surface area contributed by atoms with E-state index in [2.05, 4.69) is 21.8 Å². The largest absolute Gasteiger partial charge is 0.378 e. The van der Waals surface area contributed by atoms with Gasteiger partial charge in [0.15, 0.2) is 0 Å². The second-order valence-corrected chi connectivity index (χ2v) is 5.84. The van der Waals surface area contributed by atoms with E-state index in [0.29, 0.717) is 23.8 Å². The van der Waals surface area contributed by atoms with Crippen molar-refractivity contribution in [2.45, 2.75) is 38.6 Å². The Hall–Kier alpha value is -1.92. The van der Waals surface area contributed by atoms with Crippen LogP contribution in [-0.4, -0.2) is 27.5 Å². The highest BCUT2D eigenvalue weighted by Gasteiger charge is 2.41. The van der Waals surface area contributed by atoms with Gasteiger partial charge >= 0.3 is 5.69 Å². The van der Waals surface area contributed by atoms with Crippen molar-refractivity contribution in [3.8, 4) is 0 Å². The molecule has 7 nitrogen and oxygen atoms in total. The van der Waals surface area contributed by atoms with Gasteiger partial charge in [-0.05, 0) is 24.7 Å². The predicted octanol–water partition coefficient (Wildman–Crippen LogP) is 1.98. The number of anilines is 2. The van der Waals surface area contributed by atoms with Gasteiger partial charge in [0.25, 0.3) is 0 Å². The summed E-state index contributed by atoms with van der Waals surface area (Å²) in [4.78, 5) is 20.7. The Morgan fingerprint density at radius 3 is 2.90 bits per heavy atom. The van der Waals surface area contributed by atoms with Gasteiger partial charge in [0.2, 0.25) is 11.8 Å². The highest BCUT2D eigenvalue weighted by atomic mass is 16.6. The van der Waals surface area contributed by atoms with Crippen molar-refractivity contribution in [3.63, 3.8) is 0 Å². The van der Waals surface area contributed by atoms with Crippen LogP contribution in [-0.2, 0) is 0 Å². The van der Waals surface area contributed by atoms with Crippen molar-refractivity contribution in [3.05, 3.63) is 16.3 Å². The average molecular weight is 277 g/mol. The molecule has 3 atom stereocenters. The summed E-state index contributed by atoms with van der Waals surface area (Å²) in [6, 6.07) is 0.458. The topological polar surface area (TPSA) is 98.2 Å². The van der Waals surface area contributed by atoms with E-state index in [1.807, 2.05) is 0 Å². The Labute approximate surface area is 117 Å². The minimum absolute atomic E-state index is 0.0492. The monoisotopic (exact) mass is 277 g/mol. The van der Waals surface area contributed by atoms with Gasteiger partial charge in [-0.1, -0.05) is 19.8 Å². The molecule has 1 aromatic heterocycles. The van der Waals surface area contributed by atoms with E-state index >= 15 is 0 Å². The van der Waals surface area contributed by atoms with Crippen LogP contribution in [0.4, 0.5) is 17.5 Å². The van der Waals surface area contributed by atoms with Gasteiger partial charge in [-0.3, -0.25) is 10.1 Å². The third kappa shape index (κ3) is 2.07. The molecule has 1 aliphatic heterocycles. The molecule has 7 heteroatoms. The quantitative estimate of drug-likeness (QED) is 0.655. The first-order chi connectivity index (χ1) is 9.58. The van der Waals surface area contributed by atoms with Crippen LogP contribution in [0.5, 0.6) is 0 Å². The molecule has 2 fully saturated rings. The molecule has 0 spiro atoms. The summed E-state index contributed by atoms with van der Waals surface area (Å²) in [7, 11) is 0. The third-order valence-corrected chi connectivity index (χ3v) is 4.64. The number of fused-ring (bicyclic) bond motifs is 1. The van der Waals surface area contributed by atoms with E-state index in [-0.39, 0.29) is 11.5 Å². The number of aromatic nitrogens is 2. The molecule has 0 bridgehead atoms. The predicted molar refractivity (Wildman–Crippen MR) is 75.4 cm³/mol. The molecule has 1 saturated heterocycles. The van der Waals surface area contributed by atoms with Crippen molar-refractivity contribution in [1.29, 1.82) is 0 Å². The van der Waals surface area contributed by atoms with Gasteiger partial charge in [-0.15, -0.1) is 0 Å². The molecule has 2 aliphatic rings. The van der Waals surface area contributed by atoms with E-state index in [9.17, 15) is 10.1 Å². The van der Waals surface area contributed by atoms with E-state index < -0.39 is 4.92 Å². The average Bonchev–Trinajstić information content (AvgIpc) is 2.76. The fourth-order valence-electron chi connectivity index (χ4n) is 3.66. The maximum absolute atomic E-state index is 10.8. The summed E-state index contributed by atoms with van der Waals surface area (Å²) in [5.41, 5.74) is 5.45. The Morgan fingerprint density at radius 2 is 2.20 bits per heavy atom. The van der Waals surface area contributed by atoms with Crippen LogP contribution >= 0.6 is 0 Å². The van der Waals surface area contributed by atoms with Gasteiger partial charge < -0.3 is 10.6 Å². The number of hydrogen-bond donors (Lipinski definition) is 1. The van der Waals surface area contributed by atoms with Gasteiger partial charge in [-0.25, -0.2) is 4.98 Å². The summed E-state index contributed by atoms with van der Waals surface area (Å²) < 4.78 is 0. The molecular formula is C13H19N5O2. The maximum atomic E-state index is 10.8. The van der Waals surface area contributed by atoms with Gasteiger partial charge in [0.1, 0.15) is 6.20 Å². The molecule has 108 valence electrons. The van der Waals surface area contributed by atoms with E-state index in [0.717, 1.165) is 13.0 Å². The first-order valence-corrected chi connectivity index (χ1v) is 7.11. The van der Waals surface area contributed by atoms with Crippen LogP contribution in [0.1, 0.15) is 32.6 Å². The van der Waals surface area contributed by atoms with Crippen molar-refractivity contribution in [1.82, 2.24) is 9.97 Å². The van der Waals surface area contributed by atoms with Crippen LogP contribution in [0, 0.1) is 22.0 Å². The summed E-state index contributed by atoms with van der Waals surface area (Å²) in [6.45, 7) is 3.17. The second kappa shape index (κ2) is 4.88. The third-order valence-electron chi connectivity index (χ3n) is 4.64. The van der Waals surface area contributed by atoms with Crippen molar-refractivity contribution < 1.29 is 4.92 Å². The normalized spacial score (nSPS) is 29.2. The molecule has 0 aromatic carbocycles. The lowest BCUT2D eigenvalue weighted by molar-refractivity contribution is -0.384. The smallest absolute Gasteiger partial charge is 0.329 e. The zero-order valence-corrected chi connectivity index (χ0v) is 11.5. The number of hydrogen-bond acceptors (Lipinski definition) is 6. The number of nitro groups is 1. The lowest BCUT2D eigenvalue weighted by atomic mass is 9.80. The van der Waals surface area contributed by atoms with Crippen LogP contribution in [0.2, 0.25) is 0 Å². The van der Waals surface area contributed by atoms with Crippen LogP contribution in [0.15, 0.2) is 6.20 Å².